The van der Waals surface area contributed by atoms with Gasteiger partial charge in [0.15, 0.2) is 5.78 Å². The van der Waals surface area contributed by atoms with Crippen LogP contribution in [0.4, 0.5) is 0 Å². The molecule has 0 atom stereocenters. The number of hydrogen-bond donors (Lipinski definition) is 1. The van der Waals surface area contributed by atoms with Gasteiger partial charge in [0.05, 0.1) is 6.61 Å². The van der Waals surface area contributed by atoms with Crippen molar-refractivity contribution in [1.82, 2.24) is 0 Å². The third kappa shape index (κ3) is 2.66. The van der Waals surface area contributed by atoms with E-state index < -0.39 is 0 Å². The third-order valence-corrected chi connectivity index (χ3v) is 4.34. The summed E-state index contributed by atoms with van der Waals surface area (Å²) in [7, 11) is 0. The molecule has 1 aliphatic carbocycles. The zero-order valence-corrected chi connectivity index (χ0v) is 11.2. The summed E-state index contributed by atoms with van der Waals surface area (Å²) in [6, 6.07) is 6.20. The van der Waals surface area contributed by atoms with E-state index in [0.717, 1.165) is 56.4 Å². The largest absolute Gasteiger partial charge is 0.493 e. The van der Waals surface area contributed by atoms with Gasteiger partial charge in [-0.3, -0.25) is 4.79 Å². The molecule has 102 valence electrons. The van der Waals surface area contributed by atoms with Crippen molar-refractivity contribution in [2.24, 2.45) is 11.7 Å². The monoisotopic (exact) mass is 259 g/mol. The van der Waals surface area contributed by atoms with E-state index in [4.69, 9.17) is 10.5 Å². The third-order valence-electron chi connectivity index (χ3n) is 4.34. The average molecular weight is 259 g/mol. The van der Waals surface area contributed by atoms with E-state index in [9.17, 15) is 4.79 Å². The zero-order valence-electron chi connectivity index (χ0n) is 11.2. The molecule has 3 rings (SSSR count). The Hall–Kier alpha value is -1.35. The van der Waals surface area contributed by atoms with Gasteiger partial charge in [-0.05, 0) is 62.3 Å². The SMILES string of the molecule is NC1CCC(C(=O)c2ccc3c(c2)CCCO3)CC1. The smallest absolute Gasteiger partial charge is 0.165 e. The van der Waals surface area contributed by atoms with E-state index in [1.54, 1.807) is 0 Å². The van der Waals surface area contributed by atoms with Crippen LogP contribution in [0.5, 0.6) is 5.75 Å². The molecule has 1 saturated carbocycles. The van der Waals surface area contributed by atoms with Crippen molar-refractivity contribution < 1.29 is 9.53 Å². The Balaban J connectivity index is 1.76. The number of fused-ring (bicyclic) bond motifs is 1. The van der Waals surface area contributed by atoms with E-state index in [1.165, 1.54) is 5.56 Å². The summed E-state index contributed by atoms with van der Waals surface area (Å²) in [5.41, 5.74) is 7.94. The van der Waals surface area contributed by atoms with Crippen molar-refractivity contribution in [3.8, 4) is 5.75 Å². The van der Waals surface area contributed by atoms with E-state index in [1.807, 2.05) is 18.2 Å². The second-order valence-corrected chi connectivity index (χ2v) is 5.75. The van der Waals surface area contributed by atoms with Crippen LogP contribution in [-0.4, -0.2) is 18.4 Å². The summed E-state index contributed by atoms with van der Waals surface area (Å²) in [5, 5.41) is 0. The molecule has 0 aromatic heterocycles. The van der Waals surface area contributed by atoms with Gasteiger partial charge < -0.3 is 10.5 Å². The molecule has 1 aliphatic heterocycles. The lowest BCUT2D eigenvalue weighted by Crippen LogP contribution is -2.30. The maximum atomic E-state index is 12.5. The Morgan fingerprint density at radius 1 is 1.21 bits per heavy atom. The fraction of sp³-hybridized carbons (Fsp3) is 0.562. The Labute approximate surface area is 114 Å². The highest BCUT2D eigenvalue weighted by Gasteiger charge is 2.26. The topological polar surface area (TPSA) is 52.3 Å². The first-order valence-electron chi connectivity index (χ1n) is 7.29. The van der Waals surface area contributed by atoms with Crippen LogP contribution in [0, 0.1) is 5.92 Å². The average Bonchev–Trinajstić information content (AvgIpc) is 2.47. The van der Waals surface area contributed by atoms with E-state index >= 15 is 0 Å². The van der Waals surface area contributed by atoms with E-state index in [2.05, 4.69) is 0 Å². The first kappa shape index (κ1) is 12.7. The second kappa shape index (κ2) is 5.33. The van der Waals surface area contributed by atoms with E-state index in [0.29, 0.717) is 11.8 Å². The van der Waals surface area contributed by atoms with Gasteiger partial charge in [-0.2, -0.15) is 0 Å². The molecule has 0 spiro atoms. The quantitative estimate of drug-likeness (QED) is 0.831. The number of ether oxygens (including phenoxy) is 1. The second-order valence-electron chi connectivity index (χ2n) is 5.75. The molecule has 1 aromatic carbocycles. The Kier molecular flexibility index (Phi) is 3.56. The van der Waals surface area contributed by atoms with Gasteiger partial charge in [-0.25, -0.2) is 0 Å². The summed E-state index contributed by atoms with van der Waals surface area (Å²) < 4.78 is 5.59. The molecule has 0 unspecified atom stereocenters. The van der Waals surface area contributed by atoms with Gasteiger partial charge in [0, 0.05) is 17.5 Å². The maximum absolute atomic E-state index is 12.5. The van der Waals surface area contributed by atoms with Gasteiger partial charge in [0.25, 0.3) is 0 Å². The van der Waals surface area contributed by atoms with Crippen molar-refractivity contribution in [1.29, 1.82) is 0 Å². The molecule has 19 heavy (non-hydrogen) atoms. The molecule has 1 fully saturated rings. The Morgan fingerprint density at radius 2 is 2.00 bits per heavy atom. The molecule has 0 radical (unpaired) electrons. The first-order chi connectivity index (χ1) is 9.24. The molecule has 3 nitrogen and oxygen atoms in total. The summed E-state index contributed by atoms with van der Waals surface area (Å²) in [6.45, 7) is 0.792. The highest BCUT2D eigenvalue weighted by molar-refractivity contribution is 5.98. The summed E-state index contributed by atoms with van der Waals surface area (Å²) in [4.78, 5) is 12.5. The van der Waals surface area contributed by atoms with Crippen molar-refractivity contribution >= 4 is 5.78 Å². The van der Waals surface area contributed by atoms with E-state index in [-0.39, 0.29) is 5.92 Å². The Bertz CT molecular complexity index is 476. The normalized spacial score (nSPS) is 26.4. The van der Waals surface area contributed by atoms with Crippen LogP contribution in [-0.2, 0) is 6.42 Å². The minimum Gasteiger partial charge on any atom is -0.493 e. The molecular weight excluding hydrogens is 238 g/mol. The van der Waals surface area contributed by atoms with Crippen molar-refractivity contribution in [3.63, 3.8) is 0 Å². The lowest BCUT2D eigenvalue weighted by atomic mass is 9.81. The van der Waals surface area contributed by atoms with Gasteiger partial charge in [-0.1, -0.05) is 0 Å². The number of carbonyl (C=O) groups excluding carboxylic acids is 1. The molecule has 2 N–H and O–H groups in total. The van der Waals surface area contributed by atoms with Crippen LogP contribution in [0.25, 0.3) is 0 Å². The zero-order chi connectivity index (χ0) is 13.2. The van der Waals surface area contributed by atoms with Crippen LogP contribution in [0.3, 0.4) is 0 Å². The number of rotatable bonds is 2. The lowest BCUT2D eigenvalue weighted by Gasteiger charge is -2.25. The molecule has 2 aliphatic rings. The lowest BCUT2D eigenvalue weighted by molar-refractivity contribution is 0.0884. The van der Waals surface area contributed by atoms with Gasteiger partial charge >= 0.3 is 0 Å². The van der Waals surface area contributed by atoms with Crippen LogP contribution in [0.2, 0.25) is 0 Å². The van der Waals surface area contributed by atoms with Gasteiger partial charge in [0.1, 0.15) is 5.75 Å². The van der Waals surface area contributed by atoms with Gasteiger partial charge in [-0.15, -0.1) is 0 Å². The number of Topliss-reactive ketones (excluding diaryl/α,β-unsaturated/α-hetero) is 1. The standard InChI is InChI=1S/C16H21NO2/c17-14-6-3-11(4-7-14)16(18)13-5-8-15-12(10-13)2-1-9-19-15/h5,8,10-11,14H,1-4,6-7,9,17H2. The minimum absolute atomic E-state index is 0.169. The summed E-state index contributed by atoms with van der Waals surface area (Å²) in [5.74, 6) is 1.41. The predicted octanol–water partition coefficient (Wildman–Crippen LogP) is 2.71. The maximum Gasteiger partial charge on any atom is 0.165 e. The predicted molar refractivity (Wildman–Crippen MR) is 74.5 cm³/mol. The number of hydrogen-bond acceptors (Lipinski definition) is 3. The first-order valence-corrected chi connectivity index (χ1v) is 7.29. The number of ketones is 1. The van der Waals surface area contributed by atoms with Crippen molar-refractivity contribution in [2.75, 3.05) is 6.61 Å². The van der Waals surface area contributed by atoms with Crippen LogP contribution >= 0.6 is 0 Å². The minimum atomic E-state index is 0.169. The molecular formula is C16H21NO2. The van der Waals surface area contributed by atoms with Gasteiger partial charge in [0.2, 0.25) is 0 Å². The summed E-state index contributed by atoms with van der Waals surface area (Å²) in [6.07, 6.45) is 5.89. The highest BCUT2D eigenvalue weighted by atomic mass is 16.5. The molecule has 1 aromatic rings. The molecule has 1 heterocycles. The fourth-order valence-corrected chi connectivity index (χ4v) is 3.13. The number of benzene rings is 1. The summed E-state index contributed by atoms with van der Waals surface area (Å²) >= 11 is 0. The number of aryl methyl sites for hydroxylation is 1. The van der Waals surface area contributed by atoms with Crippen LogP contribution in [0.1, 0.15) is 48.0 Å². The van der Waals surface area contributed by atoms with Crippen molar-refractivity contribution in [2.45, 2.75) is 44.6 Å². The Morgan fingerprint density at radius 3 is 2.79 bits per heavy atom. The fourth-order valence-electron chi connectivity index (χ4n) is 3.13. The van der Waals surface area contributed by atoms with Crippen molar-refractivity contribution in [3.05, 3.63) is 29.3 Å². The molecule has 3 heteroatoms. The molecule has 0 saturated heterocycles. The number of carbonyl (C=O) groups is 1. The molecule has 0 amide bonds. The molecule has 0 bridgehead atoms. The number of nitrogens with two attached hydrogens (primary N) is 1. The van der Waals surface area contributed by atoms with Crippen LogP contribution in [0.15, 0.2) is 18.2 Å². The van der Waals surface area contributed by atoms with Crippen LogP contribution < -0.4 is 10.5 Å². The highest BCUT2D eigenvalue weighted by Crippen LogP contribution is 2.30.